The molecule has 0 radical (unpaired) electrons. The lowest BCUT2D eigenvalue weighted by Gasteiger charge is -2.03. The maximum Gasteiger partial charge on any atom is 0.106 e. The molecule has 11 heavy (non-hydrogen) atoms. The topological polar surface area (TPSA) is 39.2 Å². The lowest BCUT2D eigenvalue weighted by molar-refractivity contribution is 0.479. The average Bonchev–Trinajstić information content (AvgIpc) is 2.49. The fourth-order valence-electron chi connectivity index (χ4n) is 1.13. The van der Waals surface area contributed by atoms with Crippen LogP contribution in [0.1, 0.15) is 18.6 Å². The summed E-state index contributed by atoms with van der Waals surface area (Å²) in [6, 6.07) is 1.98. The summed E-state index contributed by atoms with van der Waals surface area (Å²) in [4.78, 5) is 0. The second-order valence-electron chi connectivity index (χ2n) is 3.27. The molecule has 1 fully saturated rings. The summed E-state index contributed by atoms with van der Waals surface area (Å²) < 4.78 is 6.25. The first-order valence-corrected chi connectivity index (χ1v) is 4.49. The van der Waals surface area contributed by atoms with Crippen LogP contribution < -0.4 is 5.73 Å². The van der Waals surface area contributed by atoms with Crippen molar-refractivity contribution in [3.05, 3.63) is 22.6 Å². The Bertz CT molecular complexity index is 265. The molecule has 0 saturated heterocycles. The molecule has 1 saturated carbocycles. The van der Waals surface area contributed by atoms with Crippen LogP contribution in [0.15, 0.2) is 21.2 Å². The molecule has 0 amide bonds. The molecular weight excluding hydrogens is 206 g/mol. The number of nitrogens with two attached hydrogens (primary N) is 1. The van der Waals surface area contributed by atoms with E-state index in [0.717, 1.165) is 29.5 Å². The molecule has 60 valence electrons. The monoisotopic (exact) mass is 215 g/mol. The zero-order valence-corrected chi connectivity index (χ0v) is 7.73. The van der Waals surface area contributed by atoms with Crippen LogP contribution >= 0.6 is 15.9 Å². The summed E-state index contributed by atoms with van der Waals surface area (Å²) in [7, 11) is 0. The van der Waals surface area contributed by atoms with Gasteiger partial charge >= 0.3 is 0 Å². The van der Waals surface area contributed by atoms with Crippen molar-refractivity contribution < 1.29 is 4.42 Å². The standard InChI is InChI=1S/C8H10BrNO/c9-6-3-7(11-5-6)4-8(10)1-2-8/h3,5H,1-2,4,10H2. The largest absolute Gasteiger partial charge is 0.468 e. The summed E-state index contributed by atoms with van der Waals surface area (Å²) in [5, 5.41) is 0. The van der Waals surface area contributed by atoms with Crippen molar-refractivity contribution in [2.75, 3.05) is 0 Å². The zero-order valence-electron chi connectivity index (χ0n) is 6.14. The van der Waals surface area contributed by atoms with Crippen molar-refractivity contribution in [2.45, 2.75) is 24.8 Å². The van der Waals surface area contributed by atoms with Crippen LogP contribution in [0, 0.1) is 0 Å². The third-order valence-electron chi connectivity index (χ3n) is 2.04. The van der Waals surface area contributed by atoms with Crippen molar-refractivity contribution in [3.8, 4) is 0 Å². The van der Waals surface area contributed by atoms with Gasteiger partial charge in [0.2, 0.25) is 0 Å². The van der Waals surface area contributed by atoms with E-state index in [-0.39, 0.29) is 5.54 Å². The Balaban J connectivity index is 2.06. The van der Waals surface area contributed by atoms with Crippen LogP contribution in [-0.2, 0) is 6.42 Å². The fourth-order valence-corrected chi connectivity index (χ4v) is 1.48. The van der Waals surface area contributed by atoms with E-state index in [0.29, 0.717) is 0 Å². The number of furan rings is 1. The normalized spacial score (nSPS) is 20.2. The number of rotatable bonds is 2. The van der Waals surface area contributed by atoms with Gasteiger partial charge in [-0.15, -0.1) is 0 Å². The lowest BCUT2D eigenvalue weighted by Crippen LogP contribution is -2.24. The smallest absolute Gasteiger partial charge is 0.106 e. The molecule has 2 N–H and O–H groups in total. The quantitative estimate of drug-likeness (QED) is 0.821. The third kappa shape index (κ3) is 1.65. The fraction of sp³-hybridized carbons (Fsp3) is 0.500. The molecule has 0 unspecified atom stereocenters. The van der Waals surface area contributed by atoms with E-state index >= 15 is 0 Å². The van der Waals surface area contributed by atoms with E-state index in [9.17, 15) is 0 Å². The second kappa shape index (κ2) is 2.35. The summed E-state index contributed by atoms with van der Waals surface area (Å²) in [6.07, 6.45) is 4.83. The molecule has 2 nitrogen and oxygen atoms in total. The van der Waals surface area contributed by atoms with Crippen molar-refractivity contribution >= 4 is 15.9 Å². The molecule has 0 aliphatic heterocycles. The van der Waals surface area contributed by atoms with Crippen molar-refractivity contribution in [1.29, 1.82) is 0 Å². The maximum atomic E-state index is 5.91. The molecule has 1 aliphatic rings. The van der Waals surface area contributed by atoms with Crippen LogP contribution in [0.25, 0.3) is 0 Å². The SMILES string of the molecule is NC1(Cc2cc(Br)co2)CC1. The van der Waals surface area contributed by atoms with E-state index < -0.39 is 0 Å². The van der Waals surface area contributed by atoms with Gasteiger partial charge in [0.1, 0.15) is 12.0 Å². The highest BCUT2D eigenvalue weighted by Crippen LogP contribution is 2.36. The molecule has 3 heteroatoms. The van der Waals surface area contributed by atoms with Crippen LogP contribution in [-0.4, -0.2) is 5.54 Å². The molecule has 0 bridgehead atoms. The Morgan fingerprint density at radius 1 is 1.64 bits per heavy atom. The number of hydrogen-bond donors (Lipinski definition) is 1. The molecule has 0 spiro atoms. The van der Waals surface area contributed by atoms with Gasteiger partial charge in [-0.1, -0.05) is 0 Å². The Kier molecular flexibility index (Phi) is 1.58. The Morgan fingerprint density at radius 3 is 2.82 bits per heavy atom. The molecule has 2 rings (SSSR count). The second-order valence-corrected chi connectivity index (χ2v) is 4.19. The van der Waals surface area contributed by atoms with Crippen molar-refractivity contribution in [3.63, 3.8) is 0 Å². The molecule has 1 aromatic rings. The van der Waals surface area contributed by atoms with Crippen molar-refractivity contribution in [1.82, 2.24) is 0 Å². The summed E-state index contributed by atoms with van der Waals surface area (Å²) in [6.45, 7) is 0. The Morgan fingerprint density at radius 2 is 2.36 bits per heavy atom. The van der Waals surface area contributed by atoms with Gasteiger partial charge in [0.25, 0.3) is 0 Å². The van der Waals surface area contributed by atoms with Gasteiger partial charge in [0, 0.05) is 12.0 Å². The predicted octanol–water partition coefficient (Wildman–Crippen LogP) is 2.08. The third-order valence-corrected chi connectivity index (χ3v) is 2.46. The van der Waals surface area contributed by atoms with E-state index in [4.69, 9.17) is 10.2 Å². The molecule has 1 aliphatic carbocycles. The van der Waals surface area contributed by atoms with Gasteiger partial charge in [-0.2, -0.15) is 0 Å². The highest BCUT2D eigenvalue weighted by Gasteiger charge is 2.38. The average molecular weight is 216 g/mol. The first kappa shape index (κ1) is 7.37. The number of halogens is 1. The summed E-state index contributed by atoms with van der Waals surface area (Å²) in [5.74, 6) is 0.983. The lowest BCUT2D eigenvalue weighted by atomic mass is 10.1. The minimum atomic E-state index is 0.0529. The first-order valence-electron chi connectivity index (χ1n) is 3.70. The minimum Gasteiger partial charge on any atom is -0.468 e. The van der Waals surface area contributed by atoms with Gasteiger partial charge < -0.3 is 10.2 Å². The van der Waals surface area contributed by atoms with E-state index in [2.05, 4.69) is 15.9 Å². The van der Waals surface area contributed by atoms with Crippen LogP contribution in [0.5, 0.6) is 0 Å². The van der Waals surface area contributed by atoms with Crippen LogP contribution in [0.2, 0.25) is 0 Å². The van der Waals surface area contributed by atoms with E-state index in [1.807, 2.05) is 6.07 Å². The van der Waals surface area contributed by atoms with Gasteiger partial charge in [-0.05, 0) is 34.8 Å². The van der Waals surface area contributed by atoms with Gasteiger partial charge in [-0.25, -0.2) is 0 Å². The Labute approximate surface area is 73.9 Å². The van der Waals surface area contributed by atoms with Crippen molar-refractivity contribution in [2.24, 2.45) is 5.73 Å². The highest BCUT2D eigenvalue weighted by atomic mass is 79.9. The molecule has 0 atom stereocenters. The Hall–Kier alpha value is -0.280. The molecule has 1 heterocycles. The van der Waals surface area contributed by atoms with Gasteiger partial charge in [0.15, 0.2) is 0 Å². The minimum absolute atomic E-state index is 0.0529. The van der Waals surface area contributed by atoms with E-state index in [1.165, 1.54) is 0 Å². The maximum absolute atomic E-state index is 5.91. The highest BCUT2D eigenvalue weighted by molar-refractivity contribution is 9.10. The molecule has 0 aromatic carbocycles. The number of hydrogen-bond acceptors (Lipinski definition) is 2. The molecule has 1 aromatic heterocycles. The van der Waals surface area contributed by atoms with Gasteiger partial charge in [0.05, 0.1) is 4.47 Å². The summed E-state index contributed by atoms with van der Waals surface area (Å²) in [5.41, 5.74) is 5.97. The van der Waals surface area contributed by atoms with Crippen LogP contribution in [0.4, 0.5) is 0 Å². The first-order chi connectivity index (χ1) is 5.18. The van der Waals surface area contributed by atoms with Crippen LogP contribution in [0.3, 0.4) is 0 Å². The van der Waals surface area contributed by atoms with E-state index in [1.54, 1.807) is 6.26 Å². The molecular formula is C8H10BrNO. The van der Waals surface area contributed by atoms with Gasteiger partial charge in [-0.3, -0.25) is 0 Å². The summed E-state index contributed by atoms with van der Waals surface area (Å²) >= 11 is 3.33. The zero-order chi connectivity index (χ0) is 7.90. The predicted molar refractivity (Wildman–Crippen MR) is 46.3 cm³/mol.